The highest BCUT2D eigenvalue weighted by Gasteiger charge is 2.24. The number of nitrogens with two attached hydrogens (primary N) is 1. The Morgan fingerprint density at radius 2 is 1.96 bits per heavy atom. The fourth-order valence-electron chi connectivity index (χ4n) is 3.27. The van der Waals surface area contributed by atoms with E-state index in [2.05, 4.69) is 21.9 Å². The summed E-state index contributed by atoms with van der Waals surface area (Å²) in [6.45, 7) is 4.98. The van der Waals surface area contributed by atoms with Crippen LogP contribution in [0, 0.1) is 0 Å². The Kier molecular flexibility index (Phi) is 6.08. The number of nitrogens with zero attached hydrogens (tertiary/aromatic N) is 3. The van der Waals surface area contributed by atoms with Crippen LogP contribution >= 0.6 is 23.4 Å². The zero-order valence-corrected chi connectivity index (χ0v) is 15.0. The van der Waals surface area contributed by atoms with Crippen molar-refractivity contribution >= 4 is 29.3 Å². The smallest absolute Gasteiger partial charge is 0.191 e. The van der Waals surface area contributed by atoms with E-state index in [9.17, 15) is 0 Å². The van der Waals surface area contributed by atoms with Gasteiger partial charge in [0.05, 0.1) is 12.6 Å². The molecule has 3 rings (SSSR count). The Labute approximate surface area is 148 Å². The second-order valence-electron chi connectivity index (χ2n) is 6.11. The Bertz CT molecular complexity index is 539. The summed E-state index contributed by atoms with van der Waals surface area (Å²) in [5, 5.41) is 0.789. The molecule has 6 heteroatoms. The summed E-state index contributed by atoms with van der Waals surface area (Å²) in [6, 6.07) is 8.44. The van der Waals surface area contributed by atoms with Gasteiger partial charge in [0, 0.05) is 29.6 Å². The molecule has 126 valence electrons. The van der Waals surface area contributed by atoms with Crippen LogP contribution in [-0.2, 0) is 0 Å². The lowest BCUT2D eigenvalue weighted by Crippen LogP contribution is -2.43. The first kappa shape index (κ1) is 16.9. The zero-order chi connectivity index (χ0) is 16.1. The quantitative estimate of drug-likeness (QED) is 0.668. The molecule has 0 aliphatic carbocycles. The normalized spacial score (nSPS) is 21.6. The fourth-order valence-corrected chi connectivity index (χ4v) is 4.37. The largest absolute Gasteiger partial charge is 0.370 e. The average molecular weight is 353 g/mol. The predicted octanol–water partition coefficient (Wildman–Crippen LogP) is 2.84. The van der Waals surface area contributed by atoms with Gasteiger partial charge < -0.3 is 10.6 Å². The van der Waals surface area contributed by atoms with Crippen LogP contribution in [0.5, 0.6) is 0 Å². The molecule has 1 aromatic rings. The summed E-state index contributed by atoms with van der Waals surface area (Å²) >= 11 is 8.17. The van der Waals surface area contributed by atoms with Gasteiger partial charge in [-0.1, -0.05) is 23.7 Å². The lowest BCUT2D eigenvalue weighted by molar-refractivity contribution is 0.251. The summed E-state index contributed by atoms with van der Waals surface area (Å²) < 4.78 is 0. The number of likely N-dealkylation sites (tertiary alicyclic amines) is 1. The molecule has 2 aliphatic heterocycles. The molecule has 2 N–H and O–H groups in total. The van der Waals surface area contributed by atoms with Crippen LogP contribution in [-0.4, -0.2) is 60.0 Å². The van der Waals surface area contributed by atoms with Gasteiger partial charge in [0.2, 0.25) is 0 Å². The molecule has 2 saturated heterocycles. The van der Waals surface area contributed by atoms with Crippen LogP contribution in [0.4, 0.5) is 0 Å². The van der Waals surface area contributed by atoms with E-state index >= 15 is 0 Å². The van der Waals surface area contributed by atoms with Gasteiger partial charge in [0.15, 0.2) is 5.96 Å². The zero-order valence-electron chi connectivity index (χ0n) is 13.5. The first-order valence-corrected chi connectivity index (χ1v) is 9.89. The van der Waals surface area contributed by atoms with Crippen molar-refractivity contribution in [3.05, 3.63) is 34.9 Å². The molecule has 2 aliphatic rings. The molecular weight excluding hydrogens is 328 g/mol. The molecule has 1 aromatic carbocycles. The van der Waals surface area contributed by atoms with E-state index in [1.165, 1.54) is 18.4 Å². The lowest BCUT2D eigenvalue weighted by atomic mass is 10.1. The van der Waals surface area contributed by atoms with Crippen LogP contribution in [0.1, 0.15) is 24.4 Å². The van der Waals surface area contributed by atoms with Gasteiger partial charge in [-0.15, -0.1) is 0 Å². The van der Waals surface area contributed by atoms with Crippen LogP contribution in [0.25, 0.3) is 0 Å². The van der Waals surface area contributed by atoms with E-state index in [-0.39, 0.29) is 6.04 Å². The topological polar surface area (TPSA) is 44.9 Å². The van der Waals surface area contributed by atoms with E-state index in [0.29, 0.717) is 12.5 Å². The van der Waals surface area contributed by atoms with Crippen molar-refractivity contribution < 1.29 is 0 Å². The van der Waals surface area contributed by atoms with E-state index in [1.54, 1.807) is 0 Å². The standard InChI is InChI=1S/C17H25ClN4S/c18-15-5-3-4-14(12-15)16(21-6-1-2-7-21)13-20-17(19)22-8-10-23-11-9-22/h3-5,12,16H,1-2,6-11,13H2,(H2,19,20). The highest BCUT2D eigenvalue weighted by Crippen LogP contribution is 2.27. The Balaban J connectivity index is 1.73. The maximum Gasteiger partial charge on any atom is 0.191 e. The second-order valence-corrected chi connectivity index (χ2v) is 7.77. The monoisotopic (exact) mass is 352 g/mol. The lowest BCUT2D eigenvalue weighted by Gasteiger charge is -2.29. The molecule has 2 fully saturated rings. The van der Waals surface area contributed by atoms with Crippen molar-refractivity contribution in [3.8, 4) is 0 Å². The molecule has 0 bridgehead atoms. The van der Waals surface area contributed by atoms with Crippen molar-refractivity contribution in [2.45, 2.75) is 18.9 Å². The van der Waals surface area contributed by atoms with Gasteiger partial charge in [0.25, 0.3) is 0 Å². The molecule has 2 heterocycles. The van der Waals surface area contributed by atoms with Crippen LogP contribution < -0.4 is 5.73 Å². The maximum absolute atomic E-state index is 6.23. The molecule has 1 atom stereocenters. The van der Waals surface area contributed by atoms with Gasteiger partial charge in [-0.05, 0) is 43.6 Å². The van der Waals surface area contributed by atoms with E-state index < -0.39 is 0 Å². The summed E-state index contributed by atoms with van der Waals surface area (Å²) in [7, 11) is 0. The molecule has 0 saturated carbocycles. The molecule has 23 heavy (non-hydrogen) atoms. The summed E-state index contributed by atoms with van der Waals surface area (Å²) in [5.41, 5.74) is 7.47. The fraction of sp³-hybridized carbons (Fsp3) is 0.588. The minimum Gasteiger partial charge on any atom is -0.370 e. The van der Waals surface area contributed by atoms with Gasteiger partial charge in [-0.2, -0.15) is 11.8 Å². The molecule has 0 amide bonds. The van der Waals surface area contributed by atoms with Gasteiger partial charge >= 0.3 is 0 Å². The third kappa shape index (κ3) is 4.55. The Morgan fingerprint density at radius 1 is 1.22 bits per heavy atom. The number of hydrogen-bond donors (Lipinski definition) is 1. The second kappa shape index (κ2) is 8.27. The summed E-state index contributed by atoms with van der Waals surface area (Å²) in [4.78, 5) is 9.44. The van der Waals surface area contributed by atoms with Crippen molar-refractivity contribution in [3.63, 3.8) is 0 Å². The molecule has 0 spiro atoms. The van der Waals surface area contributed by atoms with Crippen molar-refractivity contribution in [2.24, 2.45) is 10.7 Å². The number of rotatable bonds is 4. The maximum atomic E-state index is 6.23. The van der Waals surface area contributed by atoms with Gasteiger partial charge in [-0.3, -0.25) is 9.89 Å². The number of thioether (sulfide) groups is 1. The van der Waals surface area contributed by atoms with Crippen LogP contribution in [0.3, 0.4) is 0 Å². The molecule has 0 radical (unpaired) electrons. The third-order valence-corrected chi connectivity index (χ3v) is 5.75. The third-order valence-electron chi connectivity index (χ3n) is 4.58. The van der Waals surface area contributed by atoms with Gasteiger partial charge in [-0.25, -0.2) is 0 Å². The number of halogens is 1. The predicted molar refractivity (Wildman–Crippen MR) is 100 cm³/mol. The highest BCUT2D eigenvalue weighted by molar-refractivity contribution is 7.99. The number of benzene rings is 1. The Hall–Kier alpha value is -0.910. The average Bonchev–Trinajstić information content (AvgIpc) is 3.10. The van der Waals surface area contributed by atoms with Crippen molar-refractivity contribution in [1.82, 2.24) is 9.80 Å². The van der Waals surface area contributed by atoms with Crippen LogP contribution in [0.2, 0.25) is 5.02 Å². The first-order chi connectivity index (χ1) is 11.2. The number of hydrogen-bond acceptors (Lipinski definition) is 3. The van der Waals surface area contributed by atoms with Gasteiger partial charge in [0.1, 0.15) is 0 Å². The number of aliphatic imine (C=N–C) groups is 1. The molecule has 4 nitrogen and oxygen atoms in total. The summed E-state index contributed by atoms with van der Waals surface area (Å²) in [6.07, 6.45) is 2.53. The summed E-state index contributed by atoms with van der Waals surface area (Å²) in [5.74, 6) is 2.97. The molecular formula is C17H25ClN4S. The van der Waals surface area contributed by atoms with E-state index in [0.717, 1.165) is 42.7 Å². The van der Waals surface area contributed by atoms with E-state index in [1.807, 2.05) is 23.9 Å². The Morgan fingerprint density at radius 3 is 2.65 bits per heavy atom. The molecule has 0 aromatic heterocycles. The first-order valence-electron chi connectivity index (χ1n) is 8.36. The van der Waals surface area contributed by atoms with Crippen molar-refractivity contribution in [2.75, 3.05) is 44.2 Å². The minimum atomic E-state index is 0.272. The minimum absolute atomic E-state index is 0.272. The molecule has 1 unspecified atom stereocenters. The SMILES string of the molecule is NC(=NCC(c1cccc(Cl)c1)N1CCCC1)N1CCSCC1. The van der Waals surface area contributed by atoms with Crippen LogP contribution in [0.15, 0.2) is 29.3 Å². The number of guanidine groups is 1. The van der Waals surface area contributed by atoms with E-state index in [4.69, 9.17) is 22.3 Å². The highest BCUT2D eigenvalue weighted by atomic mass is 35.5. The van der Waals surface area contributed by atoms with Crippen molar-refractivity contribution in [1.29, 1.82) is 0 Å².